The number of carbonyl (C=O) groups excluding carboxylic acids is 1. The molecule has 0 aliphatic heterocycles. The number of thiazole rings is 1. The Morgan fingerprint density at radius 1 is 1.32 bits per heavy atom. The number of nitrogens with zero attached hydrogens (tertiary/aromatic N) is 1. The minimum atomic E-state index is -1.03. The number of amides is 1. The first-order chi connectivity index (χ1) is 11.9. The molecular weight excluding hydrogens is 343 g/mol. The fourth-order valence-electron chi connectivity index (χ4n) is 2.36. The molecule has 0 spiro atoms. The minimum Gasteiger partial charge on any atom is -0.480 e. The van der Waals surface area contributed by atoms with Crippen LogP contribution in [-0.4, -0.2) is 28.0 Å². The second-order valence-electron chi connectivity index (χ2n) is 5.98. The molecule has 0 aliphatic carbocycles. The quantitative estimate of drug-likeness (QED) is 0.755. The van der Waals surface area contributed by atoms with E-state index in [0.29, 0.717) is 18.5 Å². The number of rotatable bonds is 8. The highest BCUT2D eigenvalue weighted by molar-refractivity contribution is 7.09. The molecule has 0 saturated carbocycles. The van der Waals surface area contributed by atoms with Crippen molar-refractivity contribution in [1.82, 2.24) is 10.3 Å². The van der Waals surface area contributed by atoms with Crippen molar-refractivity contribution in [2.24, 2.45) is 5.92 Å². The van der Waals surface area contributed by atoms with E-state index >= 15 is 0 Å². The third kappa shape index (κ3) is 5.63. The zero-order chi connectivity index (χ0) is 18.4. The maximum absolute atomic E-state index is 12.9. The van der Waals surface area contributed by atoms with Gasteiger partial charge in [-0.3, -0.25) is 4.79 Å². The molecule has 0 fully saturated rings. The van der Waals surface area contributed by atoms with Gasteiger partial charge in [-0.1, -0.05) is 32.4 Å². The lowest BCUT2D eigenvalue weighted by Gasteiger charge is -2.19. The van der Waals surface area contributed by atoms with Crippen LogP contribution in [0.2, 0.25) is 0 Å². The molecule has 2 N–H and O–H groups in total. The van der Waals surface area contributed by atoms with Crippen LogP contribution in [0.25, 0.3) is 0 Å². The lowest BCUT2D eigenvalue weighted by molar-refractivity contribution is -0.143. The van der Waals surface area contributed by atoms with Crippen molar-refractivity contribution in [2.75, 3.05) is 0 Å². The van der Waals surface area contributed by atoms with E-state index in [1.807, 2.05) is 6.92 Å². The molecular formula is C18H21FN2O3S. The van der Waals surface area contributed by atoms with Gasteiger partial charge in [0.05, 0.1) is 17.1 Å². The van der Waals surface area contributed by atoms with Crippen LogP contribution in [0.4, 0.5) is 4.39 Å². The normalized spacial score (nSPS) is 13.2. The molecule has 2 rings (SSSR count). The molecule has 2 atom stereocenters. The molecule has 2 aromatic rings. The number of nitrogens with one attached hydrogen (secondary N) is 1. The zero-order valence-electron chi connectivity index (χ0n) is 14.2. The summed E-state index contributed by atoms with van der Waals surface area (Å²) in [6, 6.07) is 5.31. The Labute approximate surface area is 149 Å². The van der Waals surface area contributed by atoms with Crippen LogP contribution in [0.5, 0.6) is 0 Å². The van der Waals surface area contributed by atoms with E-state index in [1.54, 1.807) is 24.4 Å². The van der Waals surface area contributed by atoms with Crippen LogP contribution in [0, 0.1) is 11.7 Å². The molecule has 0 saturated heterocycles. The number of carboxylic acid groups (broad SMARTS) is 1. The van der Waals surface area contributed by atoms with Gasteiger partial charge < -0.3 is 10.4 Å². The van der Waals surface area contributed by atoms with Gasteiger partial charge >= 0.3 is 5.97 Å². The van der Waals surface area contributed by atoms with E-state index in [4.69, 9.17) is 0 Å². The number of halogens is 1. The molecule has 1 aromatic carbocycles. The SMILES string of the molecule is CCC(C)C(NC(=O)Cc1csc(Cc2ccc(F)cc2)n1)C(=O)O. The monoisotopic (exact) mass is 364 g/mol. The average molecular weight is 364 g/mol. The highest BCUT2D eigenvalue weighted by Crippen LogP contribution is 2.16. The highest BCUT2D eigenvalue weighted by atomic mass is 32.1. The zero-order valence-corrected chi connectivity index (χ0v) is 15.0. The van der Waals surface area contributed by atoms with E-state index in [1.165, 1.54) is 23.5 Å². The summed E-state index contributed by atoms with van der Waals surface area (Å²) in [5, 5.41) is 14.4. The second-order valence-corrected chi connectivity index (χ2v) is 6.92. The maximum atomic E-state index is 12.9. The van der Waals surface area contributed by atoms with Crippen LogP contribution in [0.15, 0.2) is 29.6 Å². The van der Waals surface area contributed by atoms with Gasteiger partial charge in [0.15, 0.2) is 0 Å². The molecule has 0 aliphatic rings. The van der Waals surface area contributed by atoms with Crippen molar-refractivity contribution in [1.29, 1.82) is 0 Å². The minimum absolute atomic E-state index is 0.0418. The maximum Gasteiger partial charge on any atom is 0.326 e. The first-order valence-corrected chi connectivity index (χ1v) is 8.97. The third-order valence-electron chi connectivity index (χ3n) is 4.01. The third-order valence-corrected chi connectivity index (χ3v) is 4.90. The molecule has 1 amide bonds. The Kier molecular flexibility index (Phi) is 6.64. The van der Waals surface area contributed by atoms with Crippen molar-refractivity contribution in [3.05, 3.63) is 51.7 Å². The van der Waals surface area contributed by atoms with E-state index in [2.05, 4.69) is 10.3 Å². The summed E-state index contributed by atoms with van der Waals surface area (Å²) >= 11 is 1.43. The Morgan fingerprint density at radius 3 is 2.60 bits per heavy atom. The van der Waals surface area contributed by atoms with Crippen LogP contribution in [0.3, 0.4) is 0 Å². The smallest absolute Gasteiger partial charge is 0.326 e. The van der Waals surface area contributed by atoms with Gasteiger partial charge in [0, 0.05) is 11.8 Å². The van der Waals surface area contributed by atoms with E-state index in [-0.39, 0.29) is 24.1 Å². The predicted octanol–water partition coefficient (Wildman–Crippen LogP) is 3.03. The number of aromatic nitrogens is 1. The Bertz CT molecular complexity index is 730. The summed E-state index contributed by atoms with van der Waals surface area (Å²) in [6.45, 7) is 3.68. The number of hydrogen-bond donors (Lipinski definition) is 2. The van der Waals surface area contributed by atoms with Gasteiger partial charge in [-0.2, -0.15) is 0 Å². The summed E-state index contributed by atoms with van der Waals surface area (Å²) in [6.07, 6.45) is 1.27. The predicted molar refractivity (Wildman–Crippen MR) is 94.0 cm³/mol. The molecule has 1 heterocycles. The van der Waals surface area contributed by atoms with Crippen molar-refractivity contribution in [2.45, 2.75) is 39.2 Å². The van der Waals surface area contributed by atoms with Crippen molar-refractivity contribution < 1.29 is 19.1 Å². The van der Waals surface area contributed by atoms with Gasteiger partial charge in [-0.15, -0.1) is 11.3 Å². The van der Waals surface area contributed by atoms with E-state index in [0.717, 1.165) is 10.6 Å². The van der Waals surface area contributed by atoms with Crippen molar-refractivity contribution in [3.8, 4) is 0 Å². The molecule has 134 valence electrons. The summed E-state index contributed by atoms with van der Waals surface area (Å²) in [7, 11) is 0. The topological polar surface area (TPSA) is 79.3 Å². The summed E-state index contributed by atoms with van der Waals surface area (Å²) in [5.41, 5.74) is 1.54. The second kappa shape index (κ2) is 8.71. The number of aliphatic carboxylic acids is 1. The summed E-state index contributed by atoms with van der Waals surface area (Å²) < 4.78 is 12.9. The van der Waals surface area contributed by atoms with Crippen molar-refractivity contribution >= 4 is 23.2 Å². The molecule has 0 radical (unpaired) electrons. The fraction of sp³-hybridized carbons (Fsp3) is 0.389. The van der Waals surface area contributed by atoms with Crippen LogP contribution in [0.1, 0.15) is 36.5 Å². The van der Waals surface area contributed by atoms with E-state index in [9.17, 15) is 19.1 Å². The Balaban J connectivity index is 1.94. The highest BCUT2D eigenvalue weighted by Gasteiger charge is 2.25. The van der Waals surface area contributed by atoms with Crippen LogP contribution in [-0.2, 0) is 22.4 Å². The summed E-state index contributed by atoms with van der Waals surface area (Å²) in [5.74, 6) is -1.82. The van der Waals surface area contributed by atoms with Crippen LogP contribution < -0.4 is 5.32 Å². The molecule has 7 heteroatoms. The first-order valence-electron chi connectivity index (χ1n) is 8.09. The molecule has 5 nitrogen and oxygen atoms in total. The van der Waals surface area contributed by atoms with E-state index < -0.39 is 12.0 Å². The van der Waals surface area contributed by atoms with Gasteiger partial charge in [0.1, 0.15) is 11.9 Å². The summed E-state index contributed by atoms with van der Waals surface area (Å²) in [4.78, 5) is 27.8. The lowest BCUT2D eigenvalue weighted by Crippen LogP contribution is -2.45. The lowest BCUT2D eigenvalue weighted by atomic mass is 9.99. The standard InChI is InChI=1S/C18H21FN2O3S/c1-3-11(2)17(18(23)24)21-15(22)9-14-10-25-16(20-14)8-12-4-6-13(19)7-5-12/h4-7,10-11,17H,3,8-9H2,1-2H3,(H,21,22)(H,23,24). The largest absolute Gasteiger partial charge is 0.480 e. The van der Waals surface area contributed by atoms with Gasteiger partial charge in [0.2, 0.25) is 5.91 Å². The Hall–Kier alpha value is -2.28. The molecule has 2 unspecified atom stereocenters. The first kappa shape index (κ1) is 19.1. The molecule has 25 heavy (non-hydrogen) atoms. The van der Waals surface area contributed by atoms with Crippen molar-refractivity contribution in [3.63, 3.8) is 0 Å². The van der Waals surface area contributed by atoms with Gasteiger partial charge in [-0.05, 0) is 23.6 Å². The number of carbonyl (C=O) groups is 2. The average Bonchev–Trinajstić information content (AvgIpc) is 3.00. The molecule has 0 bridgehead atoms. The van der Waals surface area contributed by atoms with Gasteiger partial charge in [-0.25, -0.2) is 14.2 Å². The van der Waals surface area contributed by atoms with Gasteiger partial charge in [0.25, 0.3) is 0 Å². The number of benzene rings is 1. The Morgan fingerprint density at radius 2 is 2.00 bits per heavy atom. The number of hydrogen-bond acceptors (Lipinski definition) is 4. The fourth-order valence-corrected chi connectivity index (χ4v) is 3.19. The molecule has 1 aromatic heterocycles. The van der Waals surface area contributed by atoms with Crippen LogP contribution >= 0.6 is 11.3 Å². The number of carboxylic acids is 1.